The second-order valence-corrected chi connectivity index (χ2v) is 7.70. The van der Waals surface area contributed by atoms with Gasteiger partial charge in [0.1, 0.15) is 0 Å². The Bertz CT molecular complexity index is 454. The van der Waals surface area contributed by atoms with Gasteiger partial charge in [-0.1, -0.05) is 63.4 Å². The lowest BCUT2D eigenvalue weighted by molar-refractivity contribution is -0.152. The predicted molar refractivity (Wildman–Crippen MR) is 91.6 cm³/mol. The molecule has 1 heterocycles. The van der Waals surface area contributed by atoms with Crippen molar-refractivity contribution in [2.45, 2.75) is 58.1 Å². The molecule has 1 saturated heterocycles. The molecule has 2 nitrogen and oxygen atoms in total. The molecule has 122 valence electrons. The largest absolute Gasteiger partial charge is 0.389 e. The van der Waals surface area contributed by atoms with Gasteiger partial charge in [-0.25, -0.2) is 0 Å². The summed E-state index contributed by atoms with van der Waals surface area (Å²) >= 11 is 0. The molecule has 1 aliphatic carbocycles. The summed E-state index contributed by atoms with van der Waals surface area (Å²) in [5.41, 5.74) is 0.929. The molecule has 2 fully saturated rings. The van der Waals surface area contributed by atoms with E-state index in [2.05, 4.69) is 49.1 Å². The number of hydrogen-bond acceptors (Lipinski definition) is 2. The zero-order valence-corrected chi connectivity index (χ0v) is 14.2. The fourth-order valence-electron chi connectivity index (χ4n) is 4.97. The minimum Gasteiger partial charge on any atom is -0.389 e. The molecular formula is C20H31NO. The molecule has 1 aromatic carbocycles. The molecule has 2 unspecified atom stereocenters. The summed E-state index contributed by atoms with van der Waals surface area (Å²) in [7, 11) is 0. The van der Waals surface area contributed by atoms with Crippen LogP contribution in [-0.2, 0) is 6.54 Å². The SMILES string of the molecule is CC1CN(Cc2ccccc2)CC(C)C1(O)C1CCCCC1. The molecule has 2 aliphatic rings. The normalized spacial score (nSPS) is 34.7. The van der Waals surface area contributed by atoms with Gasteiger partial charge in [-0.3, -0.25) is 4.90 Å². The second-order valence-electron chi connectivity index (χ2n) is 7.70. The summed E-state index contributed by atoms with van der Waals surface area (Å²) in [6.45, 7) is 7.58. The Morgan fingerprint density at radius 3 is 2.18 bits per heavy atom. The number of benzene rings is 1. The molecule has 3 rings (SSSR count). The molecule has 1 aromatic rings. The van der Waals surface area contributed by atoms with Crippen LogP contribution in [0.3, 0.4) is 0 Å². The Kier molecular flexibility index (Phi) is 4.89. The van der Waals surface area contributed by atoms with E-state index in [9.17, 15) is 5.11 Å². The van der Waals surface area contributed by atoms with Crippen LogP contribution < -0.4 is 0 Å². The van der Waals surface area contributed by atoms with Crippen LogP contribution in [0.15, 0.2) is 30.3 Å². The van der Waals surface area contributed by atoms with Gasteiger partial charge < -0.3 is 5.11 Å². The smallest absolute Gasteiger partial charge is 0.0750 e. The van der Waals surface area contributed by atoms with Gasteiger partial charge in [0.25, 0.3) is 0 Å². The van der Waals surface area contributed by atoms with Crippen LogP contribution in [0, 0.1) is 17.8 Å². The number of piperidine rings is 1. The molecule has 0 amide bonds. The van der Waals surface area contributed by atoms with E-state index >= 15 is 0 Å². The van der Waals surface area contributed by atoms with E-state index in [4.69, 9.17) is 0 Å². The van der Waals surface area contributed by atoms with Gasteiger partial charge >= 0.3 is 0 Å². The van der Waals surface area contributed by atoms with E-state index in [1.807, 2.05) is 0 Å². The van der Waals surface area contributed by atoms with E-state index in [0.29, 0.717) is 17.8 Å². The van der Waals surface area contributed by atoms with Crippen molar-refractivity contribution in [3.05, 3.63) is 35.9 Å². The Morgan fingerprint density at radius 2 is 1.59 bits per heavy atom. The molecule has 2 heteroatoms. The van der Waals surface area contributed by atoms with E-state index in [1.54, 1.807) is 0 Å². The average Bonchev–Trinajstić information content (AvgIpc) is 2.54. The molecular weight excluding hydrogens is 270 g/mol. The Hall–Kier alpha value is -0.860. The molecule has 2 atom stereocenters. The van der Waals surface area contributed by atoms with Crippen molar-refractivity contribution in [2.24, 2.45) is 17.8 Å². The molecule has 22 heavy (non-hydrogen) atoms. The number of aliphatic hydroxyl groups is 1. The van der Waals surface area contributed by atoms with Gasteiger partial charge in [0.15, 0.2) is 0 Å². The van der Waals surface area contributed by atoms with Crippen molar-refractivity contribution in [1.29, 1.82) is 0 Å². The average molecular weight is 301 g/mol. The number of rotatable bonds is 3. The summed E-state index contributed by atoms with van der Waals surface area (Å²) in [6, 6.07) is 10.7. The molecule has 1 N–H and O–H groups in total. The monoisotopic (exact) mass is 301 g/mol. The lowest BCUT2D eigenvalue weighted by Gasteiger charge is -2.52. The zero-order chi connectivity index (χ0) is 15.6. The van der Waals surface area contributed by atoms with E-state index in [-0.39, 0.29) is 0 Å². The first-order valence-corrected chi connectivity index (χ1v) is 9.09. The van der Waals surface area contributed by atoms with Gasteiger partial charge in [-0.05, 0) is 36.2 Å². The van der Waals surface area contributed by atoms with Crippen LogP contribution >= 0.6 is 0 Å². The Labute approximate surface area is 135 Å². The van der Waals surface area contributed by atoms with Crippen molar-refractivity contribution in [3.63, 3.8) is 0 Å². The summed E-state index contributed by atoms with van der Waals surface area (Å²) < 4.78 is 0. The first kappa shape index (κ1) is 16.0. The minimum atomic E-state index is -0.451. The zero-order valence-electron chi connectivity index (χ0n) is 14.2. The summed E-state index contributed by atoms with van der Waals surface area (Å²) in [4.78, 5) is 2.53. The van der Waals surface area contributed by atoms with Crippen LogP contribution in [0.2, 0.25) is 0 Å². The van der Waals surface area contributed by atoms with Gasteiger partial charge in [0.2, 0.25) is 0 Å². The van der Waals surface area contributed by atoms with Crippen LogP contribution in [0.25, 0.3) is 0 Å². The highest BCUT2D eigenvalue weighted by Gasteiger charge is 2.49. The van der Waals surface area contributed by atoms with Crippen molar-refractivity contribution in [2.75, 3.05) is 13.1 Å². The summed E-state index contributed by atoms with van der Waals surface area (Å²) in [6.07, 6.45) is 6.42. The van der Waals surface area contributed by atoms with E-state index < -0.39 is 5.60 Å². The number of likely N-dealkylation sites (tertiary alicyclic amines) is 1. The molecule has 0 aromatic heterocycles. The van der Waals surface area contributed by atoms with E-state index in [1.165, 1.54) is 37.7 Å². The topological polar surface area (TPSA) is 23.5 Å². The fraction of sp³-hybridized carbons (Fsp3) is 0.700. The molecule has 1 aliphatic heterocycles. The quantitative estimate of drug-likeness (QED) is 0.909. The molecule has 0 spiro atoms. The highest BCUT2D eigenvalue weighted by Crippen LogP contribution is 2.44. The van der Waals surface area contributed by atoms with Crippen molar-refractivity contribution >= 4 is 0 Å². The van der Waals surface area contributed by atoms with Crippen LogP contribution in [0.4, 0.5) is 0 Å². The molecule has 0 radical (unpaired) electrons. The van der Waals surface area contributed by atoms with Crippen molar-refractivity contribution < 1.29 is 5.11 Å². The lowest BCUT2D eigenvalue weighted by Crippen LogP contribution is -2.60. The predicted octanol–water partition coefficient (Wildman–Crippen LogP) is 4.09. The number of nitrogens with zero attached hydrogens (tertiary/aromatic N) is 1. The Balaban J connectivity index is 1.68. The lowest BCUT2D eigenvalue weighted by atomic mass is 9.63. The van der Waals surface area contributed by atoms with Crippen molar-refractivity contribution in [1.82, 2.24) is 4.90 Å². The first-order valence-electron chi connectivity index (χ1n) is 9.09. The van der Waals surface area contributed by atoms with Gasteiger partial charge in [-0.2, -0.15) is 0 Å². The Morgan fingerprint density at radius 1 is 1.00 bits per heavy atom. The standard InChI is InChI=1S/C20H31NO/c1-16-13-21(15-18-9-5-3-6-10-18)14-17(2)20(16,22)19-11-7-4-8-12-19/h3,5-6,9-10,16-17,19,22H,4,7-8,11-15H2,1-2H3. The van der Waals surface area contributed by atoms with Gasteiger partial charge in [-0.15, -0.1) is 0 Å². The second kappa shape index (κ2) is 6.72. The fourth-order valence-corrected chi connectivity index (χ4v) is 4.97. The van der Waals surface area contributed by atoms with Crippen molar-refractivity contribution in [3.8, 4) is 0 Å². The maximum Gasteiger partial charge on any atom is 0.0750 e. The van der Waals surface area contributed by atoms with Gasteiger partial charge in [0.05, 0.1) is 5.60 Å². The first-order chi connectivity index (χ1) is 10.6. The molecule has 0 bridgehead atoms. The van der Waals surface area contributed by atoms with Gasteiger partial charge in [0, 0.05) is 19.6 Å². The third-order valence-corrected chi connectivity index (χ3v) is 6.15. The minimum absolute atomic E-state index is 0.364. The molecule has 1 saturated carbocycles. The number of hydrogen-bond donors (Lipinski definition) is 1. The maximum absolute atomic E-state index is 11.5. The summed E-state index contributed by atoms with van der Waals surface area (Å²) in [5, 5.41) is 11.5. The third kappa shape index (κ3) is 3.09. The highest BCUT2D eigenvalue weighted by atomic mass is 16.3. The van der Waals surface area contributed by atoms with Crippen LogP contribution in [-0.4, -0.2) is 28.7 Å². The van der Waals surface area contributed by atoms with Crippen LogP contribution in [0.1, 0.15) is 51.5 Å². The maximum atomic E-state index is 11.5. The van der Waals surface area contributed by atoms with Crippen LogP contribution in [0.5, 0.6) is 0 Å². The third-order valence-electron chi connectivity index (χ3n) is 6.15. The van der Waals surface area contributed by atoms with E-state index in [0.717, 1.165) is 19.6 Å². The highest BCUT2D eigenvalue weighted by molar-refractivity contribution is 5.15. The summed E-state index contributed by atoms with van der Waals surface area (Å²) in [5.74, 6) is 1.25.